The smallest absolute Gasteiger partial charge is 0.409 e. The third-order valence-electron chi connectivity index (χ3n) is 7.70. The van der Waals surface area contributed by atoms with Gasteiger partial charge in [0.25, 0.3) is 0 Å². The number of benzene rings is 1. The molecule has 0 aliphatic carbocycles. The fraction of sp³-hybridized carbons (Fsp3) is 0.686. The minimum atomic E-state index is -0.505. The lowest BCUT2D eigenvalue weighted by molar-refractivity contribution is -0.140. The molecule has 14 heteroatoms. The van der Waals surface area contributed by atoms with Gasteiger partial charge in [0.2, 0.25) is 11.8 Å². The highest BCUT2D eigenvalue weighted by molar-refractivity contribution is 6.03. The first-order valence-corrected chi connectivity index (χ1v) is 16.9. The van der Waals surface area contributed by atoms with Crippen LogP contribution in [0.2, 0.25) is 0 Å². The molecule has 276 valence electrons. The van der Waals surface area contributed by atoms with Crippen molar-refractivity contribution >= 4 is 29.8 Å². The second-order valence-corrected chi connectivity index (χ2v) is 12.5. The van der Waals surface area contributed by atoms with E-state index in [1.807, 2.05) is 38.1 Å². The molecule has 2 rings (SSSR count). The average Bonchev–Trinajstić information content (AvgIpc) is 3.35. The second kappa shape index (κ2) is 22.9. The number of ketones is 1. The van der Waals surface area contributed by atoms with Gasteiger partial charge in [0.15, 0.2) is 0 Å². The molecule has 1 aliphatic rings. The Balaban J connectivity index is 1.43. The molecular formula is C35H55N3O11. The molecule has 1 aromatic carbocycles. The van der Waals surface area contributed by atoms with Gasteiger partial charge >= 0.3 is 12.2 Å². The highest BCUT2D eigenvalue weighted by Gasteiger charge is 2.39. The number of carbonyl (C=O) groups excluding carboxylic acids is 5. The van der Waals surface area contributed by atoms with E-state index < -0.39 is 12.2 Å². The van der Waals surface area contributed by atoms with Crippen molar-refractivity contribution in [3.63, 3.8) is 0 Å². The summed E-state index contributed by atoms with van der Waals surface area (Å²) in [6, 6.07) is 7.31. The third-order valence-corrected chi connectivity index (χ3v) is 7.70. The topological polar surface area (TPSA) is 150 Å². The first kappa shape index (κ1) is 41.6. The number of ether oxygens (including phenoxy) is 6. The SMILES string of the molecule is CC(C)OC(=O)N(C)CCN(C)C(=O)OCc1ccc(CC(=O)CCOCCOCCOCCOCCN2C(=O)CC(C(C)C)C2=O)cc1. The Hall–Kier alpha value is -3.59. The van der Waals surface area contributed by atoms with Gasteiger partial charge in [-0.15, -0.1) is 0 Å². The molecule has 49 heavy (non-hydrogen) atoms. The molecule has 0 spiro atoms. The van der Waals surface area contributed by atoms with Gasteiger partial charge in [-0.25, -0.2) is 9.59 Å². The van der Waals surface area contributed by atoms with E-state index in [1.165, 1.54) is 14.7 Å². The number of hydrogen-bond acceptors (Lipinski definition) is 11. The van der Waals surface area contributed by atoms with Gasteiger partial charge in [-0.05, 0) is 30.9 Å². The van der Waals surface area contributed by atoms with Crippen molar-refractivity contribution in [1.82, 2.24) is 14.7 Å². The Bertz CT molecular complexity index is 1180. The molecule has 1 unspecified atom stereocenters. The molecule has 1 atom stereocenters. The van der Waals surface area contributed by atoms with E-state index >= 15 is 0 Å². The molecule has 0 radical (unpaired) electrons. The number of likely N-dealkylation sites (N-methyl/N-ethyl adjacent to an activating group) is 2. The van der Waals surface area contributed by atoms with E-state index in [2.05, 4.69) is 0 Å². The summed E-state index contributed by atoms with van der Waals surface area (Å²) in [5, 5.41) is 0. The van der Waals surface area contributed by atoms with Crippen LogP contribution < -0.4 is 0 Å². The van der Waals surface area contributed by atoms with Crippen molar-refractivity contribution in [3.05, 3.63) is 35.4 Å². The van der Waals surface area contributed by atoms with Crippen molar-refractivity contribution in [3.8, 4) is 0 Å². The van der Waals surface area contributed by atoms with Crippen molar-refractivity contribution in [2.24, 2.45) is 11.8 Å². The Morgan fingerprint density at radius 2 is 1.27 bits per heavy atom. The van der Waals surface area contributed by atoms with Crippen LogP contribution >= 0.6 is 0 Å². The quantitative estimate of drug-likeness (QED) is 0.116. The number of hydrogen-bond donors (Lipinski definition) is 0. The number of Topliss-reactive ketones (excluding diaryl/α,β-unsaturated/α-hetero) is 1. The molecule has 1 saturated heterocycles. The first-order chi connectivity index (χ1) is 23.4. The van der Waals surface area contributed by atoms with Crippen molar-refractivity contribution in [2.45, 2.75) is 59.7 Å². The van der Waals surface area contributed by atoms with Gasteiger partial charge in [-0.1, -0.05) is 38.1 Å². The monoisotopic (exact) mass is 693 g/mol. The lowest BCUT2D eigenvalue weighted by Gasteiger charge is -2.22. The molecule has 1 fully saturated rings. The molecule has 0 bridgehead atoms. The molecule has 14 nitrogen and oxygen atoms in total. The molecule has 0 aromatic heterocycles. The number of nitrogens with zero attached hydrogens (tertiary/aromatic N) is 3. The Kier molecular flexibility index (Phi) is 19.5. The number of rotatable bonds is 24. The van der Waals surface area contributed by atoms with E-state index in [9.17, 15) is 24.0 Å². The highest BCUT2D eigenvalue weighted by atomic mass is 16.6. The van der Waals surface area contributed by atoms with Crippen LogP contribution in [0.1, 0.15) is 51.7 Å². The Morgan fingerprint density at radius 1 is 0.755 bits per heavy atom. The van der Waals surface area contributed by atoms with Crippen LogP contribution in [0.4, 0.5) is 9.59 Å². The van der Waals surface area contributed by atoms with E-state index in [0.717, 1.165) is 11.1 Å². The number of imide groups is 1. The van der Waals surface area contributed by atoms with E-state index in [-0.39, 0.29) is 74.6 Å². The van der Waals surface area contributed by atoms with Crippen molar-refractivity contribution in [2.75, 3.05) is 86.6 Å². The molecule has 1 heterocycles. The zero-order valence-corrected chi connectivity index (χ0v) is 30.0. The summed E-state index contributed by atoms with van der Waals surface area (Å²) in [6.07, 6.45) is -0.315. The Morgan fingerprint density at radius 3 is 1.80 bits per heavy atom. The van der Waals surface area contributed by atoms with Crippen LogP contribution in [0.5, 0.6) is 0 Å². The zero-order chi connectivity index (χ0) is 36.2. The molecule has 1 aliphatic heterocycles. The number of likely N-dealkylation sites (tertiary alicyclic amines) is 1. The summed E-state index contributed by atoms with van der Waals surface area (Å²) in [5.74, 6) is -0.262. The summed E-state index contributed by atoms with van der Waals surface area (Å²) >= 11 is 0. The first-order valence-electron chi connectivity index (χ1n) is 16.9. The minimum absolute atomic E-state index is 0.0537. The van der Waals surface area contributed by atoms with Crippen molar-refractivity contribution < 1.29 is 52.4 Å². The summed E-state index contributed by atoms with van der Waals surface area (Å²) in [4.78, 5) is 64.9. The van der Waals surface area contributed by atoms with E-state index in [1.54, 1.807) is 27.9 Å². The van der Waals surface area contributed by atoms with Gasteiger partial charge < -0.3 is 38.2 Å². The van der Waals surface area contributed by atoms with Crippen molar-refractivity contribution in [1.29, 1.82) is 0 Å². The maximum Gasteiger partial charge on any atom is 0.409 e. The predicted molar refractivity (Wildman–Crippen MR) is 180 cm³/mol. The number of amides is 4. The highest BCUT2D eigenvalue weighted by Crippen LogP contribution is 2.26. The molecule has 1 aromatic rings. The second-order valence-electron chi connectivity index (χ2n) is 12.5. The van der Waals surface area contributed by atoms with Crippen LogP contribution in [0, 0.1) is 11.8 Å². The minimum Gasteiger partial charge on any atom is -0.447 e. The molecule has 4 amide bonds. The number of carbonyl (C=O) groups is 5. The average molecular weight is 694 g/mol. The van der Waals surface area contributed by atoms with Crippen LogP contribution in [0.25, 0.3) is 0 Å². The predicted octanol–water partition coefficient (Wildman–Crippen LogP) is 3.33. The molecular weight excluding hydrogens is 638 g/mol. The summed E-state index contributed by atoms with van der Waals surface area (Å²) in [6.45, 7) is 11.3. The third kappa shape index (κ3) is 16.6. The normalized spacial score (nSPS) is 14.5. The largest absolute Gasteiger partial charge is 0.447 e. The van der Waals surface area contributed by atoms with Gasteiger partial charge in [-0.2, -0.15) is 0 Å². The maximum absolute atomic E-state index is 12.3. The Labute approximate surface area is 290 Å². The summed E-state index contributed by atoms with van der Waals surface area (Å²) in [5.41, 5.74) is 1.65. The molecule has 0 saturated carbocycles. The van der Waals surface area contributed by atoms with Crippen LogP contribution in [0.15, 0.2) is 24.3 Å². The zero-order valence-electron chi connectivity index (χ0n) is 30.0. The standard InChI is InChI=1S/C35H55N3O11/c1-26(2)31-24-32(40)38(33(31)41)14-16-45-18-20-47-22-21-46-19-17-44-15-11-30(39)23-28-7-9-29(10-8-28)25-48-34(42)36(5)12-13-37(6)35(43)49-27(3)4/h7-10,26-27,31H,11-25H2,1-6H3. The maximum atomic E-state index is 12.3. The van der Waals surface area contributed by atoms with Crippen LogP contribution in [-0.2, 0) is 55.8 Å². The van der Waals surface area contributed by atoms with E-state index in [0.29, 0.717) is 59.3 Å². The van der Waals surface area contributed by atoms with Gasteiger partial charge in [0, 0.05) is 52.4 Å². The van der Waals surface area contributed by atoms with Crippen LogP contribution in [0.3, 0.4) is 0 Å². The fourth-order valence-electron chi connectivity index (χ4n) is 4.67. The molecule has 0 N–H and O–H groups in total. The summed E-state index contributed by atoms with van der Waals surface area (Å²) in [7, 11) is 3.21. The van der Waals surface area contributed by atoms with Crippen LogP contribution in [-0.4, -0.2) is 137 Å². The van der Waals surface area contributed by atoms with Gasteiger partial charge in [0.1, 0.15) is 12.4 Å². The summed E-state index contributed by atoms with van der Waals surface area (Å²) < 4.78 is 32.4. The lowest BCUT2D eigenvalue weighted by atomic mass is 9.94. The van der Waals surface area contributed by atoms with E-state index in [4.69, 9.17) is 28.4 Å². The lowest BCUT2D eigenvalue weighted by Crippen LogP contribution is -2.38. The van der Waals surface area contributed by atoms with Gasteiger partial charge in [0.05, 0.1) is 65.5 Å². The fourth-order valence-corrected chi connectivity index (χ4v) is 4.67. The van der Waals surface area contributed by atoms with Gasteiger partial charge in [-0.3, -0.25) is 19.3 Å².